The molecule has 0 rings (SSSR count). The van der Waals surface area contributed by atoms with E-state index in [2.05, 4.69) is 9.47 Å². The van der Waals surface area contributed by atoms with Crippen molar-refractivity contribution in [3.8, 4) is 0 Å². The van der Waals surface area contributed by atoms with Crippen molar-refractivity contribution in [2.75, 3.05) is 14.2 Å². The molecule has 0 bridgehead atoms. The Bertz CT molecular complexity index is 317. The zero-order chi connectivity index (χ0) is 13.3. The van der Waals surface area contributed by atoms with Crippen molar-refractivity contribution in [3.05, 3.63) is 23.8 Å². The molecule has 0 aliphatic carbocycles. The predicted molar refractivity (Wildman–Crippen MR) is 62.2 cm³/mol. The van der Waals surface area contributed by atoms with E-state index < -0.39 is 18.0 Å². The van der Waals surface area contributed by atoms with Gasteiger partial charge in [-0.25, -0.2) is 9.59 Å². The molecule has 0 heterocycles. The molecule has 0 saturated carbocycles. The van der Waals surface area contributed by atoms with E-state index >= 15 is 0 Å². The summed E-state index contributed by atoms with van der Waals surface area (Å²) in [6, 6.07) is 0. The number of esters is 2. The second-order valence-electron chi connectivity index (χ2n) is 3.33. The molecule has 0 aliphatic rings. The average molecular weight is 242 g/mol. The van der Waals surface area contributed by atoms with Gasteiger partial charge in [-0.05, 0) is 12.5 Å². The molecule has 1 atom stereocenters. The van der Waals surface area contributed by atoms with Gasteiger partial charge in [0.15, 0.2) is 0 Å². The van der Waals surface area contributed by atoms with E-state index in [0.717, 1.165) is 12.5 Å². The lowest BCUT2D eigenvalue weighted by molar-refractivity contribution is -0.138. The molecular weight excluding hydrogens is 224 g/mol. The first-order valence-electron chi connectivity index (χ1n) is 5.29. The van der Waals surface area contributed by atoms with Gasteiger partial charge in [-0.2, -0.15) is 0 Å². The second-order valence-corrected chi connectivity index (χ2v) is 3.33. The Morgan fingerprint density at radius 1 is 1.29 bits per heavy atom. The van der Waals surface area contributed by atoms with Crippen LogP contribution in [-0.2, 0) is 19.1 Å². The molecule has 0 aliphatic heterocycles. The quantitative estimate of drug-likeness (QED) is 0.427. The molecule has 5 nitrogen and oxygen atoms in total. The van der Waals surface area contributed by atoms with Crippen LogP contribution in [0.25, 0.3) is 0 Å². The van der Waals surface area contributed by atoms with E-state index in [1.165, 1.54) is 26.4 Å². The highest BCUT2D eigenvalue weighted by Gasteiger charge is 2.09. The summed E-state index contributed by atoms with van der Waals surface area (Å²) in [5.41, 5.74) is 0.0366. The number of aliphatic hydroxyl groups excluding tert-OH is 1. The Labute approximate surface area is 101 Å². The maximum atomic E-state index is 11.3. The van der Waals surface area contributed by atoms with Gasteiger partial charge in [-0.1, -0.05) is 19.4 Å². The van der Waals surface area contributed by atoms with Gasteiger partial charge in [-0.15, -0.1) is 0 Å². The number of hydrogen-bond donors (Lipinski definition) is 1. The van der Waals surface area contributed by atoms with E-state index in [9.17, 15) is 14.7 Å². The van der Waals surface area contributed by atoms with Crippen molar-refractivity contribution in [3.63, 3.8) is 0 Å². The van der Waals surface area contributed by atoms with Gasteiger partial charge in [0, 0.05) is 6.08 Å². The Hall–Kier alpha value is -1.62. The number of methoxy groups -OCH3 is 2. The number of carbonyl (C=O) groups is 2. The van der Waals surface area contributed by atoms with Crippen molar-refractivity contribution < 1.29 is 24.2 Å². The molecule has 1 N–H and O–H groups in total. The van der Waals surface area contributed by atoms with Crippen LogP contribution in [0.3, 0.4) is 0 Å². The fraction of sp³-hybridized carbons (Fsp3) is 0.500. The van der Waals surface area contributed by atoms with E-state index in [0.29, 0.717) is 6.42 Å². The minimum atomic E-state index is -0.657. The van der Waals surface area contributed by atoms with E-state index in [4.69, 9.17) is 0 Å². The standard InChI is InChI=1S/C12H18O5/c1-4-5-10(13)7-6-9(12(15)17-3)8-11(14)16-2/h6-8,10,13H,4-5H2,1-3H3/b7-6+,9-8+/t10-/m0/s1. The lowest BCUT2D eigenvalue weighted by Crippen LogP contribution is -2.08. The van der Waals surface area contributed by atoms with Crippen LogP contribution < -0.4 is 0 Å². The van der Waals surface area contributed by atoms with E-state index in [1.54, 1.807) is 0 Å². The van der Waals surface area contributed by atoms with Crippen LogP contribution in [-0.4, -0.2) is 37.4 Å². The molecule has 0 aromatic heterocycles. The molecule has 0 aromatic carbocycles. The predicted octanol–water partition coefficient (Wildman–Crippen LogP) is 0.976. The van der Waals surface area contributed by atoms with E-state index in [1.807, 2.05) is 6.92 Å². The smallest absolute Gasteiger partial charge is 0.338 e. The lowest BCUT2D eigenvalue weighted by atomic mass is 10.1. The van der Waals surface area contributed by atoms with Crippen LogP contribution in [0.1, 0.15) is 19.8 Å². The summed E-state index contributed by atoms with van der Waals surface area (Å²) in [5.74, 6) is -1.31. The summed E-state index contributed by atoms with van der Waals surface area (Å²) >= 11 is 0. The Balaban J connectivity index is 4.77. The highest BCUT2D eigenvalue weighted by Crippen LogP contribution is 2.04. The maximum Gasteiger partial charge on any atom is 0.338 e. The normalized spacial score (nSPS) is 13.5. The summed E-state index contributed by atoms with van der Waals surface area (Å²) < 4.78 is 8.91. The van der Waals surface area contributed by atoms with Crippen molar-refractivity contribution in [2.45, 2.75) is 25.9 Å². The summed E-state index contributed by atoms with van der Waals surface area (Å²) in [5, 5.41) is 9.46. The minimum absolute atomic E-state index is 0.0366. The van der Waals surface area contributed by atoms with Crippen molar-refractivity contribution in [1.82, 2.24) is 0 Å². The zero-order valence-electron chi connectivity index (χ0n) is 10.3. The largest absolute Gasteiger partial charge is 0.466 e. The van der Waals surface area contributed by atoms with Crippen molar-refractivity contribution >= 4 is 11.9 Å². The highest BCUT2D eigenvalue weighted by molar-refractivity contribution is 5.98. The molecule has 0 spiro atoms. The van der Waals surface area contributed by atoms with Gasteiger partial charge >= 0.3 is 11.9 Å². The molecule has 0 amide bonds. The van der Waals surface area contributed by atoms with Gasteiger partial charge in [0.2, 0.25) is 0 Å². The molecule has 0 unspecified atom stereocenters. The summed E-state index contributed by atoms with van der Waals surface area (Å²) in [7, 11) is 2.42. The average Bonchev–Trinajstić information content (AvgIpc) is 2.33. The fourth-order valence-corrected chi connectivity index (χ4v) is 1.09. The summed E-state index contributed by atoms with van der Waals surface area (Å²) in [6.45, 7) is 1.93. The van der Waals surface area contributed by atoms with Gasteiger partial charge in [0.1, 0.15) is 0 Å². The van der Waals surface area contributed by atoms with Crippen LogP contribution in [0, 0.1) is 0 Å². The van der Waals surface area contributed by atoms with Gasteiger partial charge in [-0.3, -0.25) is 0 Å². The molecule has 96 valence electrons. The fourth-order valence-electron chi connectivity index (χ4n) is 1.09. The summed E-state index contributed by atoms with van der Waals surface area (Å²) in [4.78, 5) is 22.3. The molecule has 0 saturated heterocycles. The number of ether oxygens (including phenoxy) is 2. The zero-order valence-corrected chi connectivity index (χ0v) is 10.3. The third kappa shape index (κ3) is 6.52. The van der Waals surface area contributed by atoms with Crippen molar-refractivity contribution in [1.29, 1.82) is 0 Å². The number of hydrogen-bond acceptors (Lipinski definition) is 5. The molecule has 17 heavy (non-hydrogen) atoms. The van der Waals surface area contributed by atoms with Crippen LogP contribution in [0.4, 0.5) is 0 Å². The van der Waals surface area contributed by atoms with Crippen LogP contribution in [0.2, 0.25) is 0 Å². The molecule has 0 fully saturated rings. The first-order chi connectivity index (χ1) is 8.04. The number of carbonyl (C=O) groups excluding carboxylic acids is 2. The van der Waals surface area contributed by atoms with Crippen LogP contribution in [0.5, 0.6) is 0 Å². The first-order valence-corrected chi connectivity index (χ1v) is 5.29. The maximum absolute atomic E-state index is 11.3. The van der Waals surface area contributed by atoms with E-state index in [-0.39, 0.29) is 5.57 Å². The van der Waals surface area contributed by atoms with Gasteiger partial charge in [0.05, 0.1) is 25.9 Å². The molecular formula is C12H18O5. The third-order valence-corrected chi connectivity index (χ3v) is 1.98. The van der Waals surface area contributed by atoms with Crippen LogP contribution >= 0.6 is 0 Å². The van der Waals surface area contributed by atoms with Gasteiger partial charge in [0.25, 0.3) is 0 Å². The SMILES string of the molecule is CCC[C@H](O)/C=C/C(=C\C(=O)OC)C(=O)OC. The monoisotopic (exact) mass is 242 g/mol. The molecule has 0 radical (unpaired) electrons. The molecule has 0 aromatic rings. The Kier molecular flexibility index (Phi) is 7.71. The summed E-state index contributed by atoms with van der Waals surface area (Å²) in [6.07, 6.45) is 4.56. The highest BCUT2D eigenvalue weighted by atomic mass is 16.5. The van der Waals surface area contributed by atoms with Crippen molar-refractivity contribution in [2.24, 2.45) is 0 Å². The lowest BCUT2D eigenvalue weighted by Gasteiger charge is -2.03. The minimum Gasteiger partial charge on any atom is -0.466 e. The van der Waals surface area contributed by atoms with Crippen LogP contribution in [0.15, 0.2) is 23.8 Å². The topological polar surface area (TPSA) is 72.8 Å². The second kappa shape index (κ2) is 8.52. The Morgan fingerprint density at radius 2 is 1.94 bits per heavy atom. The first kappa shape index (κ1) is 15.4. The Morgan fingerprint density at radius 3 is 2.41 bits per heavy atom. The van der Waals surface area contributed by atoms with Gasteiger partial charge < -0.3 is 14.6 Å². The number of rotatable bonds is 6. The molecule has 5 heteroatoms. The third-order valence-electron chi connectivity index (χ3n) is 1.98. The number of aliphatic hydroxyl groups is 1.